The third-order valence-corrected chi connectivity index (χ3v) is 5.40. The van der Waals surface area contributed by atoms with Crippen molar-refractivity contribution in [1.82, 2.24) is 24.1 Å². The smallest absolute Gasteiger partial charge is 0.248 e. The van der Waals surface area contributed by atoms with Crippen LogP contribution in [0.2, 0.25) is 0 Å². The van der Waals surface area contributed by atoms with Crippen LogP contribution in [-0.2, 0) is 6.54 Å². The molecule has 3 heterocycles. The summed E-state index contributed by atoms with van der Waals surface area (Å²) in [4.78, 5) is 18.9. The largest absolute Gasteiger partial charge is 0.319 e. The lowest BCUT2D eigenvalue weighted by atomic mass is 9.85. The van der Waals surface area contributed by atoms with Crippen molar-refractivity contribution < 1.29 is 8.78 Å². The minimum Gasteiger partial charge on any atom is -0.319 e. The van der Waals surface area contributed by atoms with Gasteiger partial charge in [0.15, 0.2) is 11.6 Å². The molecule has 27 heavy (non-hydrogen) atoms. The van der Waals surface area contributed by atoms with Crippen LogP contribution < -0.4 is 5.56 Å². The topological polar surface area (TPSA) is 68.0 Å². The van der Waals surface area contributed by atoms with Crippen LogP contribution in [0.1, 0.15) is 42.3 Å². The van der Waals surface area contributed by atoms with E-state index < -0.39 is 17.2 Å². The molecule has 8 heteroatoms. The number of aromatic amines is 1. The molecule has 3 aromatic heterocycles. The van der Waals surface area contributed by atoms with Crippen molar-refractivity contribution in [3.63, 3.8) is 0 Å². The van der Waals surface area contributed by atoms with Crippen LogP contribution in [0.25, 0.3) is 16.7 Å². The second-order valence-corrected chi connectivity index (χ2v) is 7.13. The molecule has 1 N–H and O–H groups in total. The van der Waals surface area contributed by atoms with Gasteiger partial charge in [0.05, 0.1) is 24.0 Å². The van der Waals surface area contributed by atoms with Crippen LogP contribution in [0.5, 0.6) is 0 Å². The number of hydrogen-bond donors (Lipinski definition) is 1. The Kier molecular flexibility index (Phi) is 3.43. The molecule has 0 unspecified atom stereocenters. The number of rotatable bonds is 3. The van der Waals surface area contributed by atoms with E-state index in [2.05, 4.69) is 9.97 Å². The Balaban J connectivity index is 1.72. The van der Waals surface area contributed by atoms with Gasteiger partial charge >= 0.3 is 0 Å². The fourth-order valence-electron chi connectivity index (χ4n) is 3.74. The van der Waals surface area contributed by atoms with Crippen molar-refractivity contribution in [2.45, 2.75) is 38.6 Å². The number of pyridine rings is 1. The van der Waals surface area contributed by atoms with Crippen LogP contribution in [-0.4, -0.2) is 24.1 Å². The van der Waals surface area contributed by atoms with Crippen LogP contribution >= 0.6 is 0 Å². The molecule has 0 amide bonds. The van der Waals surface area contributed by atoms with E-state index in [1.165, 1.54) is 12.1 Å². The standard InChI is InChI=1S/C19H17F2N5O/c1-10-8-22-19-25(18(24-26(10)19)11-3-2-4-11)9-12-7-15(27)23-17-13(12)5-6-14(20)16(17)21/h5-8,11H,2-4,9H2,1H3,(H,23,27). The fourth-order valence-corrected chi connectivity index (χ4v) is 3.74. The third kappa shape index (κ3) is 2.39. The van der Waals surface area contributed by atoms with E-state index in [0.717, 1.165) is 36.8 Å². The normalized spacial score (nSPS) is 14.9. The summed E-state index contributed by atoms with van der Waals surface area (Å²) in [6.45, 7) is 2.25. The second kappa shape index (κ2) is 5.73. The lowest BCUT2D eigenvalue weighted by Gasteiger charge is -2.25. The van der Waals surface area contributed by atoms with Crippen molar-refractivity contribution in [3.05, 3.63) is 63.5 Å². The fraction of sp³-hybridized carbons (Fsp3) is 0.316. The first-order valence-electron chi connectivity index (χ1n) is 8.93. The van der Waals surface area contributed by atoms with Gasteiger partial charge in [0.1, 0.15) is 5.82 Å². The maximum Gasteiger partial charge on any atom is 0.248 e. The number of nitrogens with one attached hydrogen (secondary N) is 1. The van der Waals surface area contributed by atoms with E-state index in [0.29, 0.717) is 29.2 Å². The average Bonchev–Trinajstić information content (AvgIpc) is 3.11. The summed E-state index contributed by atoms with van der Waals surface area (Å²) in [6, 6.07) is 4.00. The maximum atomic E-state index is 14.2. The molecule has 6 nitrogen and oxygen atoms in total. The molecule has 0 atom stereocenters. The van der Waals surface area contributed by atoms with Gasteiger partial charge in [-0.15, -0.1) is 0 Å². The van der Waals surface area contributed by atoms with E-state index >= 15 is 0 Å². The van der Waals surface area contributed by atoms with Gasteiger partial charge in [0.2, 0.25) is 11.3 Å². The van der Waals surface area contributed by atoms with Crippen molar-refractivity contribution in [1.29, 1.82) is 0 Å². The summed E-state index contributed by atoms with van der Waals surface area (Å²) in [5, 5.41) is 5.20. The first-order chi connectivity index (χ1) is 13.0. The van der Waals surface area contributed by atoms with Gasteiger partial charge in [0, 0.05) is 17.4 Å². The zero-order valence-electron chi connectivity index (χ0n) is 14.7. The Bertz CT molecular complexity index is 1250. The molecule has 0 saturated heterocycles. The molecule has 1 fully saturated rings. The third-order valence-electron chi connectivity index (χ3n) is 5.40. The van der Waals surface area contributed by atoms with E-state index in [9.17, 15) is 13.6 Å². The Hall–Kier alpha value is -3.03. The Labute approximate surface area is 152 Å². The zero-order valence-corrected chi connectivity index (χ0v) is 14.7. The molecule has 1 saturated carbocycles. The molecule has 1 aliphatic rings. The van der Waals surface area contributed by atoms with Crippen molar-refractivity contribution in [3.8, 4) is 0 Å². The van der Waals surface area contributed by atoms with Gasteiger partial charge in [-0.1, -0.05) is 6.42 Å². The monoisotopic (exact) mass is 369 g/mol. The highest BCUT2D eigenvalue weighted by Crippen LogP contribution is 2.36. The Morgan fingerprint density at radius 1 is 1.30 bits per heavy atom. The van der Waals surface area contributed by atoms with Crippen molar-refractivity contribution in [2.75, 3.05) is 0 Å². The Morgan fingerprint density at radius 2 is 2.11 bits per heavy atom. The van der Waals surface area contributed by atoms with Gasteiger partial charge in [-0.05, 0) is 37.5 Å². The molecule has 138 valence electrons. The quantitative estimate of drug-likeness (QED) is 0.603. The molecule has 0 aliphatic heterocycles. The van der Waals surface area contributed by atoms with Gasteiger partial charge < -0.3 is 4.98 Å². The second-order valence-electron chi connectivity index (χ2n) is 7.13. The summed E-state index contributed by atoms with van der Waals surface area (Å²) in [6.07, 6.45) is 5.04. The van der Waals surface area contributed by atoms with E-state index in [1.54, 1.807) is 10.7 Å². The predicted octanol–water partition coefficient (Wildman–Crippen LogP) is 3.27. The molecular weight excluding hydrogens is 352 g/mol. The number of hydrogen-bond acceptors (Lipinski definition) is 3. The molecule has 4 aromatic rings. The van der Waals surface area contributed by atoms with Crippen LogP contribution in [0.3, 0.4) is 0 Å². The van der Waals surface area contributed by atoms with E-state index in [1.807, 2.05) is 11.5 Å². The predicted molar refractivity (Wildman–Crippen MR) is 95.9 cm³/mol. The van der Waals surface area contributed by atoms with E-state index in [4.69, 9.17) is 5.10 Å². The number of benzene rings is 1. The maximum absolute atomic E-state index is 14.2. The minimum absolute atomic E-state index is 0.113. The highest BCUT2D eigenvalue weighted by atomic mass is 19.2. The van der Waals surface area contributed by atoms with Crippen LogP contribution in [0.4, 0.5) is 8.78 Å². The number of aromatic nitrogens is 5. The summed E-state index contributed by atoms with van der Waals surface area (Å²) in [5.74, 6) is -0.0696. The summed E-state index contributed by atoms with van der Waals surface area (Å²) in [5.41, 5.74) is 0.947. The lowest BCUT2D eigenvalue weighted by molar-refractivity contribution is 0.389. The summed E-state index contributed by atoms with van der Waals surface area (Å²) < 4.78 is 31.6. The lowest BCUT2D eigenvalue weighted by Crippen LogP contribution is -2.17. The van der Waals surface area contributed by atoms with Gasteiger partial charge in [-0.3, -0.25) is 9.36 Å². The van der Waals surface area contributed by atoms with Crippen LogP contribution in [0, 0.1) is 18.6 Å². The van der Waals surface area contributed by atoms with E-state index in [-0.39, 0.29) is 5.52 Å². The molecule has 1 aliphatic carbocycles. The number of imidazole rings is 1. The molecule has 0 spiro atoms. The number of nitrogens with zero attached hydrogens (tertiary/aromatic N) is 4. The average molecular weight is 369 g/mol. The highest BCUT2D eigenvalue weighted by Gasteiger charge is 2.27. The number of aryl methyl sites for hydroxylation is 1. The van der Waals surface area contributed by atoms with Gasteiger partial charge in [0.25, 0.3) is 0 Å². The first-order valence-corrected chi connectivity index (χ1v) is 8.93. The highest BCUT2D eigenvalue weighted by molar-refractivity contribution is 5.82. The van der Waals surface area contributed by atoms with Gasteiger partial charge in [-0.25, -0.2) is 18.3 Å². The SMILES string of the molecule is Cc1cnc2n(Cc3cc(=O)[nH]c4c(F)c(F)ccc34)c(C3CCC3)nn12. The first kappa shape index (κ1) is 16.2. The molecular formula is C19H17F2N5O. The zero-order chi connectivity index (χ0) is 18.7. The molecule has 0 radical (unpaired) electrons. The van der Waals surface area contributed by atoms with Crippen molar-refractivity contribution >= 4 is 16.7 Å². The molecule has 5 rings (SSSR count). The summed E-state index contributed by atoms with van der Waals surface area (Å²) >= 11 is 0. The molecule has 1 aromatic carbocycles. The molecule has 0 bridgehead atoms. The minimum atomic E-state index is -1.04. The number of halogens is 2. The summed E-state index contributed by atoms with van der Waals surface area (Å²) in [7, 11) is 0. The van der Waals surface area contributed by atoms with Crippen LogP contribution in [0.15, 0.2) is 29.2 Å². The van der Waals surface area contributed by atoms with Crippen molar-refractivity contribution in [2.24, 2.45) is 0 Å². The number of H-pyrrole nitrogens is 1. The Morgan fingerprint density at radius 3 is 2.85 bits per heavy atom. The van der Waals surface area contributed by atoms with Gasteiger partial charge in [-0.2, -0.15) is 5.10 Å². The number of fused-ring (bicyclic) bond motifs is 2.